The molecule has 1 heterocycles. The molecule has 1 aliphatic carbocycles. The molecule has 0 bridgehead atoms. The summed E-state index contributed by atoms with van der Waals surface area (Å²) in [5.41, 5.74) is 1.88. The van der Waals surface area contributed by atoms with Crippen molar-refractivity contribution >= 4 is 17.5 Å². The second kappa shape index (κ2) is 6.64. The Balaban J connectivity index is 1.82. The van der Waals surface area contributed by atoms with Crippen molar-refractivity contribution < 1.29 is 19.6 Å². The molecular formula is C16H21N3O5. The van der Waals surface area contributed by atoms with Gasteiger partial charge in [0.25, 0.3) is 5.69 Å². The standard InChI is InChI=1S/C16H21N3O5/c1-24-10-13-9-17(6-7-18(13)16(20)21)12-4-5-15(19(22)23)14(8-12)11-2-3-11/h4-5,8,11,13H,2-3,6-7,9-10H2,1H3,(H,20,21). The number of benzene rings is 1. The summed E-state index contributed by atoms with van der Waals surface area (Å²) in [4.78, 5) is 25.7. The van der Waals surface area contributed by atoms with Crippen LogP contribution in [0.15, 0.2) is 18.2 Å². The van der Waals surface area contributed by atoms with Gasteiger partial charge in [-0.05, 0) is 30.9 Å². The SMILES string of the molecule is COCC1CN(c2ccc([N+](=O)[O-])c(C3CC3)c2)CCN1C(=O)O. The Morgan fingerprint density at radius 2 is 2.17 bits per heavy atom. The van der Waals surface area contributed by atoms with Crippen molar-refractivity contribution in [1.29, 1.82) is 0 Å². The smallest absolute Gasteiger partial charge is 0.407 e. The molecule has 24 heavy (non-hydrogen) atoms. The van der Waals surface area contributed by atoms with Crippen molar-refractivity contribution in [3.05, 3.63) is 33.9 Å². The maximum atomic E-state index is 11.3. The number of hydrogen-bond acceptors (Lipinski definition) is 5. The molecule has 1 amide bonds. The van der Waals surface area contributed by atoms with E-state index in [1.165, 1.54) is 4.90 Å². The first kappa shape index (κ1) is 16.5. The van der Waals surface area contributed by atoms with Crippen molar-refractivity contribution in [2.45, 2.75) is 24.8 Å². The van der Waals surface area contributed by atoms with Crippen molar-refractivity contribution in [2.24, 2.45) is 0 Å². The number of nitro groups is 1. The lowest BCUT2D eigenvalue weighted by Gasteiger charge is -2.40. The van der Waals surface area contributed by atoms with Gasteiger partial charge in [-0.3, -0.25) is 15.0 Å². The molecule has 1 unspecified atom stereocenters. The van der Waals surface area contributed by atoms with Crippen LogP contribution in [0.25, 0.3) is 0 Å². The number of piperazine rings is 1. The minimum atomic E-state index is -0.945. The van der Waals surface area contributed by atoms with Crippen LogP contribution < -0.4 is 4.90 Å². The van der Waals surface area contributed by atoms with Gasteiger partial charge in [-0.1, -0.05) is 0 Å². The Hall–Kier alpha value is -2.35. The predicted octanol–water partition coefficient (Wildman–Crippen LogP) is 2.29. The molecule has 1 N–H and O–H groups in total. The van der Waals surface area contributed by atoms with Crippen molar-refractivity contribution in [3.8, 4) is 0 Å². The Bertz CT molecular complexity index is 647. The Labute approximate surface area is 139 Å². The van der Waals surface area contributed by atoms with Gasteiger partial charge in [0, 0.05) is 44.1 Å². The number of anilines is 1. The molecular weight excluding hydrogens is 314 g/mol. The van der Waals surface area contributed by atoms with Gasteiger partial charge in [-0.15, -0.1) is 0 Å². The molecule has 1 aromatic rings. The number of carbonyl (C=O) groups is 1. The Kier molecular flexibility index (Phi) is 4.57. The molecule has 3 rings (SSSR count). The molecule has 1 saturated heterocycles. The van der Waals surface area contributed by atoms with Crippen molar-refractivity contribution in [2.75, 3.05) is 38.3 Å². The van der Waals surface area contributed by atoms with Gasteiger partial charge in [0.05, 0.1) is 17.6 Å². The highest BCUT2D eigenvalue weighted by molar-refractivity contribution is 5.66. The van der Waals surface area contributed by atoms with Crippen LogP contribution in [0.5, 0.6) is 0 Å². The van der Waals surface area contributed by atoms with Gasteiger partial charge in [-0.2, -0.15) is 0 Å². The Morgan fingerprint density at radius 3 is 2.75 bits per heavy atom. The van der Waals surface area contributed by atoms with Gasteiger partial charge < -0.3 is 14.7 Å². The molecule has 2 fully saturated rings. The maximum Gasteiger partial charge on any atom is 0.407 e. The number of nitrogens with zero attached hydrogens (tertiary/aromatic N) is 3. The fourth-order valence-corrected chi connectivity index (χ4v) is 3.30. The average molecular weight is 335 g/mol. The third kappa shape index (κ3) is 3.28. The summed E-state index contributed by atoms with van der Waals surface area (Å²) in [5, 5.41) is 20.5. The van der Waals surface area contributed by atoms with E-state index in [0.29, 0.717) is 26.2 Å². The molecule has 0 radical (unpaired) electrons. The third-order valence-electron chi connectivity index (χ3n) is 4.68. The number of amides is 1. The number of rotatable bonds is 5. The first-order chi connectivity index (χ1) is 11.5. The van der Waals surface area contributed by atoms with E-state index in [1.807, 2.05) is 6.07 Å². The van der Waals surface area contributed by atoms with Crippen LogP contribution in [-0.2, 0) is 4.74 Å². The zero-order valence-electron chi connectivity index (χ0n) is 13.6. The summed E-state index contributed by atoms with van der Waals surface area (Å²) >= 11 is 0. The molecule has 1 aliphatic heterocycles. The van der Waals surface area contributed by atoms with Crippen LogP contribution >= 0.6 is 0 Å². The van der Waals surface area contributed by atoms with Gasteiger partial charge in [0.2, 0.25) is 0 Å². The average Bonchev–Trinajstić information content (AvgIpc) is 3.39. The van der Waals surface area contributed by atoms with Crippen LogP contribution in [0.3, 0.4) is 0 Å². The summed E-state index contributed by atoms with van der Waals surface area (Å²) in [7, 11) is 1.55. The van der Waals surface area contributed by atoms with Crippen LogP contribution in [0.2, 0.25) is 0 Å². The number of hydrogen-bond donors (Lipinski definition) is 1. The highest BCUT2D eigenvalue weighted by Gasteiger charge is 2.33. The molecule has 0 spiro atoms. The summed E-state index contributed by atoms with van der Waals surface area (Å²) in [5.74, 6) is 0.278. The number of methoxy groups -OCH3 is 1. The number of carboxylic acid groups (broad SMARTS) is 1. The number of nitro benzene ring substituents is 1. The highest BCUT2D eigenvalue weighted by atomic mass is 16.6. The first-order valence-electron chi connectivity index (χ1n) is 8.03. The summed E-state index contributed by atoms with van der Waals surface area (Å²) in [6.07, 6.45) is 1.03. The van der Waals surface area contributed by atoms with E-state index in [9.17, 15) is 20.0 Å². The van der Waals surface area contributed by atoms with Crippen LogP contribution in [0.1, 0.15) is 24.3 Å². The lowest BCUT2D eigenvalue weighted by molar-refractivity contribution is -0.385. The minimum absolute atomic E-state index is 0.180. The second-order valence-electron chi connectivity index (χ2n) is 6.31. The molecule has 8 heteroatoms. The van der Waals surface area contributed by atoms with Gasteiger partial charge in [0.1, 0.15) is 0 Å². The van der Waals surface area contributed by atoms with Gasteiger partial charge in [0.15, 0.2) is 0 Å². The molecule has 1 atom stereocenters. The molecule has 2 aliphatic rings. The zero-order chi connectivity index (χ0) is 17.3. The van der Waals surface area contributed by atoms with Crippen molar-refractivity contribution in [1.82, 2.24) is 4.90 Å². The van der Waals surface area contributed by atoms with E-state index in [0.717, 1.165) is 24.1 Å². The largest absolute Gasteiger partial charge is 0.465 e. The normalized spacial score (nSPS) is 21.0. The maximum absolute atomic E-state index is 11.3. The highest BCUT2D eigenvalue weighted by Crippen LogP contribution is 2.45. The lowest BCUT2D eigenvalue weighted by atomic mass is 10.1. The fraction of sp³-hybridized carbons (Fsp3) is 0.562. The summed E-state index contributed by atoms with van der Waals surface area (Å²) in [6.45, 7) is 1.79. The third-order valence-corrected chi connectivity index (χ3v) is 4.68. The van der Waals surface area contributed by atoms with E-state index in [-0.39, 0.29) is 22.6 Å². The molecule has 130 valence electrons. The van der Waals surface area contributed by atoms with Crippen LogP contribution in [-0.4, -0.2) is 60.4 Å². The van der Waals surface area contributed by atoms with Gasteiger partial charge >= 0.3 is 6.09 Å². The zero-order valence-corrected chi connectivity index (χ0v) is 13.6. The number of ether oxygens (including phenoxy) is 1. The monoisotopic (exact) mass is 335 g/mol. The molecule has 0 aromatic heterocycles. The topological polar surface area (TPSA) is 96.2 Å². The van der Waals surface area contributed by atoms with E-state index < -0.39 is 6.09 Å². The Morgan fingerprint density at radius 1 is 1.42 bits per heavy atom. The van der Waals surface area contributed by atoms with E-state index in [1.54, 1.807) is 19.2 Å². The van der Waals surface area contributed by atoms with Gasteiger partial charge in [-0.25, -0.2) is 4.79 Å². The van der Waals surface area contributed by atoms with Crippen LogP contribution in [0.4, 0.5) is 16.2 Å². The molecule has 8 nitrogen and oxygen atoms in total. The first-order valence-corrected chi connectivity index (χ1v) is 8.03. The van der Waals surface area contributed by atoms with Crippen LogP contribution in [0, 0.1) is 10.1 Å². The minimum Gasteiger partial charge on any atom is -0.465 e. The van der Waals surface area contributed by atoms with E-state index >= 15 is 0 Å². The predicted molar refractivity (Wildman–Crippen MR) is 87.7 cm³/mol. The van der Waals surface area contributed by atoms with E-state index in [2.05, 4.69) is 4.90 Å². The quantitative estimate of drug-likeness (QED) is 0.655. The van der Waals surface area contributed by atoms with E-state index in [4.69, 9.17) is 4.74 Å². The van der Waals surface area contributed by atoms with Crippen molar-refractivity contribution in [3.63, 3.8) is 0 Å². The molecule has 1 aromatic carbocycles. The summed E-state index contributed by atoms with van der Waals surface area (Å²) in [6, 6.07) is 4.97. The summed E-state index contributed by atoms with van der Waals surface area (Å²) < 4.78 is 5.15. The second-order valence-corrected chi connectivity index (χ2v) is 6.31. The lowest BCUT2D eigenvalue weighted by Crippen LogP contribution is -2.56. The molecule has 1 saturated carbocycles. The fourth-order valence-electron chi connectivity index (χ4n) is 3.30.